The molecule has 2 aromatic rings. The van der Waals surface area contributed by atoms with Gasteiger partial charge in [0.05, 0.1) is 6.10 Å². The number of halogens is 1. The van der Waals surface area contributed by atoms with Crippen molar-refractivity contribution >= 4 is 28.1 Å². The average Bonchev–Trinajstić information content (AvgIpc) is 3.19. The molecule has 2 aliphatic rings. The van der Waals surface area contributed by atoms with E-state index in [1.54, 1.807) is 11.3 Å². The summed E-state index contributed by atoms with van der Waals surface area (Å²) in [5, 5.41) is 15.0. The molecule has 0 bridgehead atoms. The first-order chi connectivity index (χ1) is 11.3. The lowest BCUT2D eigenvalue weighted by molar-refractivity contribution is 0.0620. The van der Waals surface area contributed by atoms with Crippen LogP contribution in [0.3, 0.4) is 0 Å². The average molecular weight is 350 g/mol. The maximum atomic E-state index is 5.93. The maximum absolute atomic E-state index is 5.93. The Hall–Kier alpha value is -1.17. The number of fused-ring (bicyclic) bond motifs is 1. The Morgan fingerprint density at radius 3 is 2.91 bits per heavy atom. The van der Waals surface area contributed by atoms with Crippen LogP contribution in [-0.2, 0) is 11.2 Å². The van der Waals surface area contributed by atoms with Crippen molar-refractivity contribution in [2.24, 2.45) is 5.92 Å². The first kappa shape index (κ1) is 15.4. The monoisotopic (exact) mass is 349 g/mol. The van der Waals surface area contributed by atoms with Crippen molar-refractivity contribution in [1.29, 1.82) is 0 Å². The minimum Gasteiger partial charge on any atom is -0.378 e. The number of nitrogens with one attached hydrogen (secondary N) is 1. The van der Waals surface area contributed by atoms with Crippen LogP contribution in [0.2, 0.25) is 5.02 Å². The third-order valence-electron chi connectivity index (χ3n) is 4.83. The SMILES string of the molecule is Clc1ccc(Cc2nnc(NC3CCCC4OCCC34)s2)cc1. The minimum absolute atomic E-state index is 0.447. The Bertz CT molecular complexity index is 660. The number of benzene rings is 1. The molecule has 0 radical (unpaired) electrons. The molecule has 1 saturated heterocycles. The van der Waals surface area contributed by atoms with Crippen LogP contribution in [0, 0.1) is 5.92 Å². The smallest absolute Gasteiger partial charge is 0.205 e. The van der Waals surface area contributed by atoms with Crippen molar-refractivity contribution in [3.63, 3.8) is 0 Å². The number of anilines is 1. The molecule has 23 heavy (non-hydrogen) atoms. The highest BCUT2D eigenvalue weighted by molar-refractivity contribution is 7.15. The van der Waals surface area contributed by atoms with Gasteiger partial charge in [0.25, 0.3) is 0 Å². The van der Waals surface area contributed by atoms with Gasteiger partial charge in [-0.1, -0.05) is 35.1 Å². The second kappa shape index (κ2) is 6.75. The number of aromatic nitrogens is 2. The molecule has 2 fully saturated rings. The zero-order chi connectivity index (χ0) is 15.6. The summed E-state index contributed by atoms with van der Waals surface area (Å²) >= 11 is 7.58. The van der Waals surface area contributed by atoms with Gasteiger partial charge < -0.3 is 10.1 Å². The quantitative estimate of drug-likeness (QED) is 0.900. The van der Waals surface area contributed by atoms with Crippen LogP contribution < -0.4 is 5.32 Å². The fourth-order valence-corrected chi connectivity index (χ4v) is 4.64. The Labute approximate surface area is 145 Å². The predicted octanol–water partition coefficient (Wildman–Crippen LogP) is 4.15. The molecule has 0 amide bonds. The summed E-state index contributed by atoms with van der Waals surface area (Å²) in [6.45, 7) is 0.908. The highest BCUT2D eigenvalue weighted by atomic mass is 35.5. The molecule has 1 N–H and O–H groups in total. The molecule has 122 valence electrons. The summed E-state index contributed by atoms with van der Waals surface area (Å²) in [6, 6.07) is 8.39. The number of hydrogen-bond acceptors (Lipinski definition) is 5. The molecule has 0 spiro atoms. The van der Waals surface area contributed by atoms with Crippen molar-refractivity contribution in [2.45, 2.75) is 44.2 Å². The first-order valence-electron chi connectivity index (χ1n) is 8.23. The van der Waals surface area contributed by atoms with Gasteiger partial charge in [0.2, 0.25) is 5.13 Å². The van der Waals surface area contributed by atoms with E-state index in [9.17, 15) is 0 Å². The Kier molecular flexibility index (Phi) is 4.51. The van der Waals surface area contributed by atoms with Crippen LogP contribution in [0.4, 0.5) is 5.13 Å². The largest absolute Gasteiger partial charge is 0.378 e. The highest BCUT2D eigenvalue weighted by Gasteiger charge is 2.37. The molecular formula is C17H20ClN3OS. The summed E-state index contributed by atoms with van der Waals surface area (Å²) < 4.78 is 5.84. The van der Waals surface area contributed by atoms with Gasteiger partial charge in [0.1, 0.15) is 5.01 Å². The van der Waals surface area contributed by atoms with E-state index in [2.05, 4.69) is 15.5 Å². The van der Waals surface area contributed by atoms with Gasteiger partial charge in [0.15, 0.2) is 0 Å². The lowest BCUT2D eigenvalue weighted by Gasteiger charge is -2.32. The first-order valence-corrected chi connectivity index (χ1v) is 9.42. The van der Waals surface area contributed by atoms with Crippen molar-refractivity contribution < 1.29 is 4.74 Å². The van der Waals surface area contributed by atoms with Crippen LogP contribution in [0.5, 0.6) is 0 Å². The standard InChI is InChI=1S/C17H20ClN3OS/c18-12-6-4-11(5-7-12)10-16-20-21-17(23-16)19-14-2-1-3-15-13(14)8-9-22-15/h4-7,13-15H,1-3,8-10H2,(H,19,21). The third-order valence-corrected chi connectivity index (χ3v) is 5.93. The van der Waals surface area contributed by atoms with Crippen LogP contribution >= 0.6 is 22.9 Å². The Morgan fingerprint density at radius 2 is 2.04 bits per heavy atom. The molecule has 4 rings (SSSR count). The van der Waals surface area contributed by atoms with E-state index in [1.807, 2.05) is 24.3 Å². The van der Waals surface area contributed by atoms with Crippen molar-refractivity contribution in [3.05, 3.63) is 39.9 Å². The normalized spacial score (nSPS) is 26.9. The second-order valence-corrected chi connectivity index (χ2v) is 7.85. The van der Waals surface area contributed by atoms with Crippen molar-refractivity contribution in [2.75, 3.05) is 11.9 Å². The summed E-state index contributed by atoms with van der Waals surface area (Å²) in [5.74, 6) is 0.632. The van der Waals surface area contributed by atoms with E-state index in [0.29, 0.717) is 18.1 Å². The van der Waals surface area contributed by atoms with Crippen LogP contribution in [0.15, 0.2) is 24.3 Å². The molecule has 1 aliphatic heterocycles. The summed E-state index contributed by atoms with van der Waals surface area (Å²) in [6.07, 6.45) is 6.06. The number of nitrogens with zero attached hydrogens (tertiary/aromatic N) is 2. The topological polar surface area (TPSA) is 47.0 Å². The van der Waals surface area contributed by atoms with Crippen LogP contribution in [-0.4, -0.2) is 29.0 Å². The zero-order valence-electron chi connectivity index (χ0n) is 12.9. The number of hydrogen-bond donors (Lipinski definition) is 1. The van der Waals surface area contributed by atoms with E-state index in [-0.39, 0.29) is 0 Å². The fourth-order valence-electron chi connectivity index (χ4n) is 3.67. The Balaban J connectivity index is 1.40. The lowest BCUT2D eigenvalue weighted by Crippen LogP contribution is -2.38. The van der Waals surface area contributed by atoms with Crippen molar-refractivity contribution in [3.8, 4) is 0 Å². The van der Waals surface area contributed by atoms with E-state index in [4.69, 9.17) is 16.3 Å². The molecule has 1 saturated carbocycles. The van der Waals surface area contributed by atoms with E-state index >= 15 is 0 Å². The molecule has 4 nitrogen and oxygen atoms in total. The number of rotatable bonds is 4. The molecule has 3 unspecified atom stereocenters. The second-order valence-electron chi connectivity index (χ2n) is 6.35. The highest BCUT2D eigenvalue weighted by Crippen LogP contribution is 2.36. The van der Waals surface area contributed by atoms with Gasteiger partial charge in [0, 0.05) is 30.0 Å². The minimum atomic E-state index is 0.447. The fraction of sp³-hybridized carbons (Fsp3) is 0.529. The molecule has 3 atom stereocenters. The summed E-state index contributed by atoms with van der Waals surface area (Å²) in [4.78, 5) is 0. The number of ether oxygens (including phenoxy) is 1. The molecule has 1 aromatic heterocycles. The zero-order valence-corrected chi connectivity index (χ0v) is 14.4. The third kappa shape index (κ3) is 3.52. The van der Waals surface area contributed by atoms with E-state index in [1.165, 1.54) is 31.2 Å². The molecule has 2 heterocycles. The van der Waals surface area contributed by atoms with Gasteiger partial charge in [-0.05, 0) is 43.4 Å². The molecule has 6 heteroatoms. The molecule has 1 aromatic carbocycles. The molecular weight excluding hydrogens is 330 g/mol. The van der Waals surface area contributed by atoms with E-state index in [0.717, 1.165) is 28.2 Å². The lowest BCUT2D eigenvalue weighted by atomic mass is 9.82. The van der Waals surface area contributed by atoms with Gasteiger partial charge >= 0.3 is 0 Å². The van der Waals surface area contributed by atoms with Crippen LogP contribution in [0.25, 0.3) is 0 Å². The molecule has 1 aliphatic carbocycles. The van der Waals surface area contributed by atoms with Crippen molar-refractivity contribution in [1.82, 2.24) is 10.2 Å². The van der Waals surface area contributed by atoms with Crippen LogP contribution in [0.1, 0.15) is 36.3 Å². The van der Waals surface area contributed by atoms with Gasteiger partial charge in [-0.3, -0.25) is 0 Å². The van der Waals surface area contributed by atoms with Gasteiger partial charge in [-0.2, -0.15) is 0 Å². The Morgan fingerprint density at radius 1 is 1.17 bits per heavy atom. The summed E-state index contributed by atoms with van der Waals surface area (Å²) in [7, 11) is 0. The van der Waals surface area contributed by atoms with E-state index < -0.39 is 0 Å². The maximum Gasteiger partial charge on any atom is 0.205 e. The van der Waals surface area contributed by atoms with Gasteiger partial charge in [-0.25, -0.2) is 0 Å². The summed E-state index contributed by atoms with van der Waals surface area (Å²) in [5.41, 5.74) is 1.21. The predicted molar refractivity (Wildman–Crippen MR) is 93.3 cm³/mol. The van der Waals surface area contributed by atoms with Gasteiger partial charge in [-0.15, -0.1) is 10.2 Å².